The van der Waals surface area contributed by atoms with Crippen LogP contribution in [0.5, 0.6) is 5.75 Å². The van der Waals surface area contributed by atoms with Crippen LogP contribution in [0.3, 0.4) is 0 Å². The number of methoxy groups -OCH3 is 1. The smallest absolute Gasteiger partial charge is 0.255 e. The zero-order valence-electron chi connectivity index (χ0n) is 10.5. The predicted octanol–water partition coefficient (Wildman–Crippen LogP) is 3.13. The number of hydrogen-bond donors (Lipinski definition) is 1. The van der Waals surface area contributed by atoms with Crippen molar-refractivity contribution in [3.8, 4) is 5.75 Å². The van der Waals surface area contributed by atoms with Gasteiger partial charge in [0.1, 0.15) is 5.75 Å². The first-order valence-electron chi connectivity index (χ1n) is 6.28. The molecule has 2 rings (SSSR count). The summed E-state index contributed by atoms with van der Waals surface area (Å²) in [6, 6.07) is 7.61. The highest BCUT2D eigenvalue weighted by molar-refractivity contribution is 9.09. The second-order valence-corrected chi connectivity index (χ2v) is 5.92. The van der Waals surface area contributed by atoms with Gasteiger partial charge in [0.25, 0.3) is 5.91 Å². The van der Waals surface area contributed by atoms with E-state index in [0.29, 0.717) is 16.1 Å². The molecular formula is C14H18BrNO2. The van der Waals surface area contributed by atoms with Gasteiger partial charge in [-0.3, -0.25) is 4.79 Å². The summed E-state index contributed by atoms with van der Waals surface area (Å²) in [7, 11) is 1.59. The molecule has 0 heterocycles. The molecule has 1 aliphatic rings. The van der Waals surface area contributed by atoms with E-state index < -0.39 is 0 Å². The summed E-state index contributed by atoms with van der Waals surface area (Å²) in [6.07, 6.45) is 4.32. The van der Waals surface area contributed by atoms with E-state index in [1.807, 2.05) is 18.2 Å². The molecule has 0 atom stereocenters. The molecule has 1 N–H and O–H groups in total. The zero-order valence-corrected chi connectivity index (χ0v) is 12.1. The molecule has 1 amide bonds. The fraction of sp³-hybridized carbons (Fsp3) is 0.500. The average Bonchev–Trinajstić information content (AvgIpc) is 2.41. The standard InChI is InChI=1S/C14H18BrNO2/c1-18-13-5-3-2-4-12(13)14(17)16-11-8-6-10(15)7-9-11/h2-5,10-11H,6-9H2,1H3,(H,16,17). The summed E-state index contributed by atoms with van der Waals surface area (Å²) in [6.45, 7) is 0. The van der Waals surface area contributed by atoms with Crippen molar-refractivity contribution in [2.75, 3.05) is 7.11 Å². The Morgan fingerprint density at radius 1 is 1.28 bits per heavy atom. The normalized spacial score (nSPS) is 23.4. The quantitative estimate of drug-likeness (QED) is 0.871. The molecule has 0 radical (unpaired) electrons. The maximum Gasteiger partial charge on any atom is 0.255 e. The number of hydrogen-bond acceptors (Lipinski definition) is 2. The molecule has 1 fully saturated rings. The number of para-hydroxylation sites is 1. The molecule has 0 saturated heterocycles. The molecule has 0 unspecified atom stereocenters. The molecule has 0 aliphatic heterocycles. The van der Waals surface area contributed by atoms with Gasteiger partial charge in [-0.15, -0.1) is 0 Å². The van der Waals surface area contributed by atoms with E-state index in [2.05, 4.69) is 21.2 Å². The van der Waals surface area contributed by atoms with E-state index in [9.17, 15) is 4.79 Å². The fourth-order valence-electron chi connectivity index (χ4n) is 2.29. The van der Waals surface area contributed by atoms with Crippen LogP contribution < -0.4 is 10.1 Å². The van der Waals surface area contributed by atoms with Crippen molar-refractivity contribution in [2.24, 2.45) is 0 Å². The number of benzene rings is 1. The molecule has 0 spiro atoms. The number of carbonyl (C=O) groups is 1. The minimum absolute atomic E-state index is 0.0366. The van der Waals surface area contributed by atoms with E-state index in [0.717, 1.165) is 25.7 Å². The third-order valence-electron chi connectivity index (χ3n) is 3.34. The number of halogens is 1. The number of amides is 1. The van der Waals surface area contributed by atoms with Crippen LogP contribution >= 0.6 is 15.9 Å². The first-order valence-corrected chi connectivity index (χ1v) is 7.20. The third kappa shape index (κ3) is 3.25. The van der Waals surface area contributed by atoms with Crippen molar-refractivity contribution in [1.82, 2.24) is 5.32 Å². The van der Waals surface area contributed by atoms with Crippen molar-refractivity contribution in [2.45, 2.75) is 36.6 Å². The van der Waals surface area contributed by atoms with Crippen LogP contribution in [0, 0.1) is 0 Å². The molecule has 18 heavy (non-hydrogen) atoms. The van der Waals surface area contributed by atoms with E-state index in [1.54, 1.807) is 13.2 Å². The monoisotopic (exact) mass is 311 g/mol. The van der Waals surface area contributed by atoms with Crippen LogP contribution in [0.15, 0.2) is 24.3 Å². The van der Waals surface area contributed by atoms with E-state index >= 15 is 0 Å². The summed E-state index contributed by atoms with van der Waals surface area (Å²) in [4.78, 5) is 12.8. The predicted molar refractivity (Wildman–Crippen MR) is 75.4 cm³/mol. The lowest BCUT2D eigenvalue weighted by atomic mass is 9.95. The number of rotatable bonds is 3. The lowest BCUT2D eigenvalue weighted by Crippen LogP contribution is -2.37. The second kappa shape index (κ2) is 6.23. The molecule has 0 aromatic heterocycles. The molecule has 1 saturated carbocycles. The Balaban J connectivity index is 1.99. The van der Waals surface area contributed by atoms with Gasteiger partial charge < -0.3 is 10.1 Å². The molecule has 3 nitrogen and oxygen atoms in total. The summed E-state index contributed by atoms with van der Waals surface area (Å²) in [5.74, 6) is 0.592. The van der Waals surface area contributed by atoms with Crippen LogP contribution in [-0.4, -0.2) is 23.9 Å². The van der Waals surface area contributed by atoms with Crippen molar-refractivity contribution < 1.29 is 9.53 Å². The number of ether oxygens (including phenoxy) is 1. The summed E-state index contributed by atoms with van der Waals surface area (Å²) >= 11 is 3.62. The maximum atomic E-state index is 12.2. The largest absolute Gasteiger partial charge is 0.496 e. The fourth-order valence-corrected chi connectivity index (χ4v) is 2.82. The zero-order chi connectivity index (χ0) is 13.0. The van der Waals surface area contributed by atoms with Gasteiger partial charge in [-0.05, 0) is 37.8 Å². The minimum atomic E-state index is -0.0366. The third-order valence-corrected chi connectivity index (χ3v) is 4.26. The number of carbonyl (C=O) groups excluding carboxylic acids is 1. The van der Waals surface area contributed by atoms with Gasteiger partial charge in [-0.25, -0.2) is 0 Å². The van der Waals surface area contributed by atoms with Gasteiger partial charge in [0.15, 0.2) is 0 Å². The summed E-state index contributed by atoms with van der Waals surface area (Å²) in [5.41, 5.74) is 0.612. The minimum Gasteiger partial charge on any atom is -0.496 e. The Kier molecular flexibility index (Phi) is 4.64. The summed E-state index contributed by atoms with van der Waals surface area (Å²) in [5, 5.41) is 3.09. The SMILES string of the molecule is COc1ccccc1C(=O)NC1CCC(Br)CC1. The van der Waals surface area contributed by atoms with Gasteiger partial charge in [0.05, 0.1) is 12.7 Å². The second-order valence-electron chi connectivity index (χ2n) is 4.62. The average molecular weight is 312 g/mol. The molecule has 1 aromatic carbocycles. The highest BCUT2D eigenvalue weighted by atomic mass is 79.9. The van der Waals surface area contributed by atoms with Gasteiger partial charge in [-0.2, -0.15) is 0 Å². The van der Waals surface area contributed by atoms with Crippen LogP contribution in [-0.2, 0) is 0 Å². The first-order chi connectivity index (χ1) is 8.70. The summed E-state index contributed by atoms with van der Waals surface area (Å²) < 4.78 is 5.20. The van der Waals surface area contributed by atoms with Crippen molar-refractivity contribution in [1.29, 1.82) is 0 Å². The van der Waals surface area contributed by atoms with Crippen LogP contribution in [0.25, 0.3) is 0 Å². The van der Waals surface area contributed by atoms with Crippen LogP contribution in [0.4, 0.5) is 0 Å². The Hall–Kier alpha value is -1.03. The van der Waals surface area contributed by atoms with Crippen LogP contribution in [0.1, 0.15) is 36.0 Å². The topological polar surface area (TPSA) is 38.3 Å². The maximum absolute atomic E-state index is 12.2. The van der Waals surface area contributed by atoms with Gasteiger partial charge in [0, 0.05) is 10.9 Å². The van der Waals surface area contributed by atoms with Gasteiger partial charge in [0.2, 0.25) is 0 Å². The van der Waals surface area contributed by atoms with E-state index in [-0.39, 0.29) is 11.9 Å². The van der Waals surface area contributed by atoms with Gasteiger partial charge >= 0.3 is 0 Å². The molecule has 1 aliphatic carbocycles. The lowest BCUT2D eigenvalue weighted by Gasteiger charge is -2.26. The van der Waals surface area contributed by atoms with Crippen molar-refractivity contribution in [3.05, 3.63) is 29.8 Å². The Morgan fingerprint density at radius 3 is 2.61 bits per heavy atom. The lowest BCUT2D eigenvalue weighted by molar-refractivity contribution is 0.0925. The highest BCUT2D eigenvalue weighted by Crippen LogP contribution is 2.25. The molecule has 0 bridgehead atoms. The van der Waals surface area contributed by atoms with Crippen molar-refractivity contribution >= 4 is 21.8 Å². The van der Waals surface area contributed by atoms with Crippen LogP contribution in [0.2, 0.25) is 0 Å². The molecular weight excluding hydrogens is 294 g/mol. The molecule has 4 heteroatoms. The van der Waals surface area contributed by atoms with E-state index in [4.69, 9.17) is 4.74 Å². The van der Waals surface area contributed by atoms with E-state index in [1.165, 1.54) is 0 Å². The Bertz CT molecular complexity index is 414. The van der Waals surface area contributed by atoms with Crippen molar-refractivity contribution in [3.63, 3.8) is 0 Å². The Labute approximate surface area is 116 Å². The van der Waals surface area contributed by atoms with Gasteiger partial charge in [-0.1, -0.05) is 28.1 Å². The number of nitrogens with one attached hydrogen (secondary N) is 1. The highest BCUT2D eigenvalue weighted by Gasteiger charge is 2.22. The Morgan fingerprint density at radius 2 is 1.94 bits per heavy atom. The molecule has 1 aromatic rings. The molecule has 98 valence electrons. The number of alkyl halides is 1. The first kappa shape index (κ1) is 13.4.